The van der Waals surface area contributed by atoms with Crippen molar-refractivity contribution in [1.82, 2.24) is 4.90 Å². The number of nitrogens with zero attached hydrogens (tertiary/aromatic N) is 1. The first-order valence-electron chi connectivity index (χ1n) is 5.35. The van der Waals surface area contributed by atoms with Crippen LogP contribution in [0.5, 0.6) is 0 Å². The van der Waals surface area contributed by atoms with Gasteiger partial charge in [0.15, 0.2) is 0 Å². The molecule has 0 aliphatic heterocycles. The van der Waals surface area contributed by atoms with Crippen LogP contribution in [0.15, 0.2) is 0 Å². The number of hydrogen-bond donors (Lipinski definition) is 0. The maximum atomic E-state index is 2.57. The number of unbranched alkanes of at least 4 members (excludes halogenated alkanes) is 2. The molecule has 0 spiro atoms. The minimum absolute atomic E-state index is 1.27. The molecule has 0 aromatic carbocycles. The van der Waals surface area contributed by atoms with Gasteiger partial charge in [-0.3, -0.25) is 0 Å². The summed E-state index contributed by atoms with van der Waals surface area (Å²) in [5, 5.41) is 0. The quantitative estimate of drug-likeness (QED) is 0.506. The molecule has 0 aliphatic rings. The summed E-state index contributed by atoms with van der Waals surface area (Å²) < 4.78 is 0. The summed E-state index contributed by atoms with van der Waals surface area (Å²) in [5.41, 5.74) is 0. The van der Waals surface area contributed by atoms with Crippen LogP contribution in [-0.2, 0) is 0 Å². The lowest BCUT2D eigenvalue weighted by Gasteiger charge is -2.20. The highest BCUT2D eigenvalue weighted by molar-refractivity contribution is 4.60. The SMILES string of the molecule is C[CH]CCCN(CCC)CCC. The van der Waals surface area contributed by atoms with Crippen molar-refractivity contribution in [3.8, 4) is 0 Å². The van der Waals surface area contributed by atoms with Gasteiger partial charge in [-0.2, -0.15) is 0 Å². The molecule has 1 heteroatoms. The summed E-state index contributed by atoms with van der Waals surface area (Å²) >= 11 is 0. The maximum absolute atomic E-state index is 2.57. The zero-order valence-corrected chi connectivity index (χ0v) is 8.97. The summed E-state index contributed by atoms with van der Waals surface area (Å²) in [6.45, 7) is 10.5. The molecule has 0 saturated carbocycles. The molecule has 12 heavy (non-hydrogen) atoms. The lowest BCUT2D eigenvalue weighted by molar-refractivity contribution is 0.271. The topological polar surface area (TPSA) is 3.24 Å². The molecule has 0 saturated heterocycles. The Morgan fingerprint density at radius 3 is 2.00 bits per heavy atom. The average molecular weight is 170 g/mol. The molecule has 1 radical (unpaired) electrons. The third-order valence-electron chi connectivity index (χ3n) is 2.05. The second-order valence-electron chi connectivity index (χ2n) is 3.39. The molecule has 0 atom stereocenters. The van der Waals surface area contributed by atoms with Crippen molar-refractivity contribution in [3.63, 3.8) is 0 Å². The largest absolute Gasteiger partial charge is 0.303 e. The smallest absolute Gasteiger partial charge is 0.00186 e. The van der Waals surface area contributed by atoms with Crippen LogP contribution >= 0.6 is 0 Å². The first-order chi connectivity index (χ1) is 5.85. The molecular weight excluding hydrogens is 146 g/mol. The van der Waals surface area contributed by atoms with Crippen LogP contribution in [-0.4, -0.2) is 24.5 Å². The van der Waals surface area contributed by atoms with E-state index >= 15 is 0 Å². The van der Waals surface area contributed by atoms with Crippen LogP contribution in [0.1, 0.15) is 46.5 Å². The molecule has 0 N–H and O–H groups in total. The molecule has 0 bridgehead atoms. The zero-order valence-electron chi connectivity index (χ0n) is 8.97. The fraction of sp³-hybridized carbons (Fsp3) is 0.909. The van der Waals surface area contributed by atoms with E-state index in [9.17, 15) is 0 Å². The lowest BCUT2D eigenvalue weighted by Crippen LogP contribution is -2.26. The second kappa shape index (κ2) is 9.05. The Hall–Kier alpha value is -0.0400. The predicted octanol–water partition coefficient (Wildman–Crippen LogP) is 3.11. The van der Waals surface area contributed by atoms with Crippen LogP contribution in [0.4, 0.5) is 0 Å². The maximum Gasteiger partial charge on any atom is -0.00186 e. The van der Waals surface area contributed by atoms with Crippen LogP contribution < -0.4 is 0 Å². The molecule has 0 unspecified atom stereocenters. The van der Waals surface area contributed by atoms with Gasteiger partial charge in [-0.1, -0.05) is 20.8 Å². The fourth-order valence-corrected chi connectivity index (χ4v) is 1.49. The molecule has 0 rings (SSSR count). The summed E-state index contributed by atoms with van der Waals surface area (Å²) in [5.74, 6) is 0. The van der Waals surface area contributed by atoms with E-state index in [1.165, 1.54) is 45.3 Å². The van der Waals surface area contributed by atoms with Crippen LogP contribution in [0.3, 0.4) is 0 Å². The van der Waals surface area contributed by atoms with Gasteiger partial charge >= 0.3 is 0 Å². The second-order valence-corrected chi connectivity index (χ2v) is 3.39. The normalized spacial score (nSPS) is 11.0. The summed E-state index contributed by atoms with van der Waals surface area (Å²) in [6.07, 6.45) is 7.43. The first kappa shape index (κ1) is 12.0. The van der Waals surface area contributed by atoms with E-state index in [1.54, 1.807) is 0 Å². The molecule has 1 nitrogen and oxygen atoms in total. The van der Waals surface area contributed by atoms with Crippen LogP contribution in [0, 0.1) is 6.42 Å². The molecule has 0 aromatic heterocycles. The van der Waals surface area contributed by atoms with E-state index in [1.807, 2.05) is 0 Å². The molecule has 73 valence electrons. The molecular formula is C11H24N. The van der Waals surface area contributed by atoms with Crippen molar-refractivity contribution in [2.24, 2.45) is 0 Å². The van der Waals surface area contributed by atoms with E-state index in [4.69, 9.17) is 0 Å². The van der Waals surface area contributed by atoms with E-state index < -0.39 is 0 Å². The molecule has 0 amide bonds. The lowest BCUT2D eigenvalue weighted by atomic mass is 10.2. The number of rotatable bonds is 8. The van der Waals surface area contributed by atoms with Crippen molar-refractivity contribution in [2.75, 3.05) is 19.6 Å². The Morgan fingerprint density at radius 1 is 1.00 bits per heavy atom. The highest BCUT2D eigenvalue weighted by atomic mass is 15.1. The third kappa shape index (κ3) is 6.66. The molecule has 0 aromatic rings. The minimum atomic E-state index is 1.27. The molecule has 0 aliphatic carbocycles. The van der Waals surface area contributed by atoms with Crippen LogP contribution in [0.25, 0.3) is 0 Å². The van der Waals surface area contributed by atoms with Gasteiger partial charge in [0.2, 0.25) is 0 Å². The third-order valence-corrected chi connectivity index (χ3v) is 2.05. The zero-order chi connectivity index (χ0) is 9.23. The van der Waals surface area contributed by atoms with Gasteiger partial charge in [-0.15, -0.1) is 0 Å². The van der Waals surface area contributed by atoms with Crippen LogP contribution in [0.2, 0.25) is 0 Å². The Morgan fingerprint density at radius 2 is 1.58 bits per heavy atom. The average Bonchev–Trinajstić information content (AvgIpc) is 2.06. The Balaban J connectivity index is 3.34. The van der Waals surface area contributed by atoms with Crippen molar-refractivity contribution in [2.45, 2.75) is 46.5 Å². The minimum Gasteiger partial charge on any atom is -0.303 e. The Kier molecular flexibility index (Phi) is 9.02. The van der Waals surface area contributed by atoms with Gasteiger partial charge in [0.1, 0.15) is 0 Å². The van der Waals surface area contributed by atoms with Gasteiger partial charge in [-0.05, 0) is 51.7 Å². The highest BCUT2D eigenvalue weighted by Gasteiger charge is 2.00. The predicted molar refractivity (Wildman–Crippen MR) is 56.2 cm³/mol. The fourth-order valence-electron chi connectivity index (χ4n) is 1.49. The summed E-state index contributed by atoms with van der Waals surface area (Å²) in [4.78, 5) is 2.57. The summed E-state index contributed by atoms with van der Waals surface area (Å²) in [7, 11) is 0. The van der Waals surface area contributed by atoms with Crippen molar-refractivity contribution in [1.29, 1.82) is 0 Å². The van der Waals surface area contributed by atoms with Gasteiger partial charge < -0.3 is 4.90 Å². The Labute approximate surface area is 78.1 Å². The van der Waals surface area contributed by atoms with Gasteiger partial charge in [0.25, 0.3) is 0 Å². The Bertz CT molecular complexity index is 75.1. The van der Waals surface area contributed by atoms with Gasteiger partial charge in [-0.25, -0.2) is 0 Å². The van der Waals surface area contributed by atoms with E-state index in [0.29, 0.717) is 0 Å². The standard InChI is InChI=1S/C11H24N/c1-4-7-8-11-12(9-5-2)10-6-3/h4H,5-11H2,1-3H3. The van der Waals surface area contributed by atoms with E-state index in [2.05, 4.69) is 32.1 Å². The monoisotopic (exact) mass is 170 g/mol. The van der Waals surface area contributed by atoms with Crippen molar-refractivity contribution in [3.05, 3.63) is 6.42 Å². The van der Waals surface area contributed by atoms with Crippen molar-refractivity contribution >= 4 is 0 Å². The van der Waals surface area contributed by atoms with Crippen molar-refractivity contribution < 1.29 is 0 Å². The van der Waals surface area contributed by atoms with Gasteiger partial charge in [0.05, 0.1) is 0 Å². The van der Waals surface area contributed by atoms with Gasteiger partial charge in [0, 0.05) is 0 Å². The highest BCUT2D eigenvalue weighted by Crippen LogP contribution is 1.99. The van der Waals surface area contributed by atoms with E-state index in [0.717, 1.165) is 0 Å². The molecule has 0 heterocycles. The van der Waals surface area contributed by atoms with E-state index in [-0.39, 0.29) is 0 Å². The first-order valence-corrected chi connectivity index (χ1v) is 5.35. The summed E-state index contributed by atoms with van der Waals surface area (Å²) in [6, 6.07) is 0. The number of hydrogen-bond acceptors (Lipinski definition) is 1. The molecule has 0 fully saturated rings.